The molecule has 0 bridgehead atoms. The van der Waals surface area contributed by atoms with Gasteiger partial charge in [-0.25, -0.2) is 0 Å². The summed E-state index contributed by atoms with van der Waals surface area (Å²) in [5.74, 6) is 0. The first-order valence-electron chi connectivity index (χ1n) is 5.54. The van der Waals surface area contributed by atoms with Crippen LogP contribution in [0.5, 0.6) is 0 Å². The van der Waals surface area contributed by atoms with Gasteiger partial charge in [-0.2, -0.15) is 0 Å². The van der Waals surface area contributed by atoms with E-state index in [0.29, 0.717) is 6.04 Å². The highest BCUT2D eigenvalue weighted by Gasteiger charge is 2.07. The molecule has 1 rings (SSSR count). The summed E-state index contributed by atoms with van der Waals surface area (Å²) in [6.45, 7) is 12.3. The van der Waals surface area contributed by atoms with Gasteiger partial charge in [-0.1, -0.05) is 35.9 Å². The lowest BCUT2D eigenvalue weighted by Crippen LogP contribution is -2.30. The van der Waals surface area contributed by atoms with Crippen LogP contribution < -0.4 is 0 Å². The second-order valence-electron chi connectivity index (χ2n) is 4.30. The molecule has 0 aromatic heterocycles. The maximum Gasteiger partial charge on any atom is 0.0239 e. The summed E-state index contributed by atoms with van der Waals surface area (Å²) >= 11 is 0. The lowest BCUT2D eigenvalue weighted by molar-refractivity contribution is 0.237. The predicted molar refractivity (Wildman–Crippen MR) is 66.9 cm³/mol. The smallest absolute Gasteiger partial charge is 0.0239 e. The Kier molecular flexibility index (Phi) is 4.57. The molecule has 0 unspecified atom stereocenters. The van der Waals surface area contributed by atoms with Gasteiger partial charge >= 0.3 is 0 Å². The van der Waals surface area contributed by atoms with E-state index in [2.05, 4.69) is 56.5 Å². The van der Waals surface area contributed by atoms with Crippen LogP contribution >= 0.6 is 0 Å². The minimum Gasteiger partial charge on any atom is -0.293 e. The molecule has 0 aliphatic rings. The van der Waals surface area contributed by atoms with Gasteiger partial charge in [-0.15, -0.1) is 6.58 Å². The van der Waals surface area contributed by atoms with Gasteiger partial charge in [0.1, 0.15) is 0 Å². The lowest BCUT2D eigenvalue weighted by Gasteiger charge is -2.25. The van der Waals surface area contributed by atoms with E-state index in [4.69, 9.17) is 0 Å². The van der Waals surface area contributed by atoms with Crippen LogP contribution in [-0.4, -0.2) is 17.5 Å². The Bertz CT molecular complexity index is 298. The number of hydrogen-bond acceptors (Lipinski definition) is 1. The molecule has 1 aromatic carbocycles. The Morgan fingerprint density at radius 1 is 1.27 bits per heavy atom. The zero-order valence-electron chi connectivity index (χ0n) is 10.0. The Morgan fingerprint density at radius 3 is 2.33 bits per heavy atom. The van der Waals surface area contributed by atoms with Crippen LogP contribution in [0.25, 0.3) is 0 Å². The Labute approximate surface area is 93.4 Å². The molecule has 0 N–H and O–H groups in total. The molecule has 1 aromatic rings. The standard InChI is InChI=1S/C14H21N/c1-5-10-15(12(2)3)11-14-8-6-13(4)7-9-14/h5-9,12H,1,10-11H2,2-4H3. The first kappa shape index (κ1) is 12.0. The van der Waals surface area contributed by atoms with Gasteiger partial charge in [0.25, 0.3) is 0 Å². The Balaban J connectivity index is 2.65. The van der Waals surface area contributed by atoms with Gasteiger partial charge < -0.3 is 0 Å². The van der Waals surface area contributed by atoms with Crippen LogP contribution in [0.15, 0.2) is 36.9 Å². The van der Waals surface area contributed by atoms with Crippen molar-refractivity contribution in [1.82, 2.24) is 4.90 Å². The van der Waals surface area contributed by atoms with E-state index >= 15 is 0 Å². The summed E-state index contributed by atoms with van der Waals surface area (Å²) < 4.78 is 0. The first-order valence-corrected chi connectivity index (χ1v) is 5.54. The normalized spacial score (nSPS) is 11.0. The van der Waals surface area contributed by atoms with Gasteiger partial charge in [-0.05, 0) is 26.3 Å². The average molecular weight is 203 g/mol. The van der Waals surface area contributed by atoms with E-state index in [1.807, 2.05) is 6.08 Å². The van der Waals surface area contributed by atoms with Gasteiger partial charge in [0, 0.05) is 19.1 Å². The summed E-state index contributed by atoms with van der Waals surface area (Å²) in [6, 6.07) is 9.30. The molecule has 82 valence electrons. The van der Waals surface area contributed by atoms with Gasteiger partial charge in [0.2, 0.25) is 0 Å². The van der Waals surface area contributed by atoms with Crippen LogP contribution in [0.4, 0.5) is 0 Å². The van der Waals surface area contributed by atoms with E-state index in [1.54, 1.807) is 0 Å². The monoisotopic (exact) mass is 203 g/mol. The van der Waals surface area contributed by atoms with Gasteiger partial charge in [0.05, 0.1) is 0 Å². The zero-order valence-corrected chi connectivity index (χ0v) is 10.0. The molecule has 0 saturated heterocycles. The fourth-order valence-electron chi connectivity index (χ4n) is 1.55. The third-order valence-electron chi connectivity index (χ3n) is 2.60. The van der Waals surface area contributed by atoms with E-state index in [0.717, 1.165) is 13.1 Å². The van der Waals surface area contributed by atoms with Crippen LogP contribution in [0, 0.1) is 6.92 Å². The van der Waals surface area contributed by atoms with E-state index in [1.165, 1.54) is 11.1 Å². The van der Waals surface area contributed by atoms with Crippen molar-refractivity contribution in [3.8, 4) is 0 Å². The maximum absolute atomic E-state index is 3.80. The molecule has 0 radical (unpaired) electrons. The number of rotatable bonds is 5. The molecule has 0 aliphatic heterocycles. The second-order valence-corrected chi connectivity index (χ2v) is 4.30. The van der Waals surface area contributed by atoms with Crippen molar-refractivity contribution >= 4 is 0 Å². The highest BCUT2D eigenvalue weighted by molar-refractivity contribution is 5.21. The second kappa shape index (κ2) is 5.72. The first-order chi connectivity index (χ1) is 7.13. The van der Waals surface area contributed by atoms with E-state index < -0.39 is 0 Å². The molecule has 0 saturated carbocycles. The van der Waals surface area contributed by atoms with Crippen molar-refractivity contribution in [3.63, 3.8) is 0 Å². The molecule has 1 heteroatoms. The van der Waals surface area contributed by atoms with Crippen molar-refractivity contribution in [3.05, 3.63) is 48.0 Å². The third kappa shape index (κ3) is 3.88. The minimum absolute atomic E-state index is 0.560. The highest BCUT2D eigenvalue weighted by Crippen LogP contribution is 2.09. The molecule has 0 amide bonds. The van der Waals surface area contributed by atoms with Crippen LogP contribution in [-0.2, 0) is 6.54 Å². The zero-order chi connectivity index (χ0) is 11.3. The average Bonchev–Trinajstić information content (AvgIpc) is 2.20. The van der Waals surface area contributed by atoms with Crippen LogP contribution in [0.3, 0.4) is 0 Å². The quantitative estimate of drug-likeness (QED) is 0.663. The minimum atomic E-state index is 0.560. The van der Waals surface area contributed by atoms with Gasteiger partial charge in [0.15, 0.2) is 0 Å². The van der Waals surface area contributed by atoms with Crippen molar-refractivity contribution in [2.24, 2.45) is 0 Å². The largest absolute Gasteiger partial charge is 0.293 e. The van der Waals surface area contributed by atoms with Crippen LogP contribution in [0.1, 0.15) is 25.0 Å². The number of hydrogen-bond donors (Lipinski definition) is 0. The van der Waals surface area contributed by atoms with Crippen LogP contribution in [0.2, 0.25) is 0 Å². The molecule has 1 nitrogen and oxygen atoms in total. The van der Waals surface area contributed by atoms with Gasteiger partial charge in [-0.3, -0.25) is 4.90 Å². The fourth-order valence-corrected chi connectivity index (χ4v) is 1.55. The topological polar surface area (TPSA) is 3.24 Å². The van der Waals surface area contributed by atoms with Crippen molar-refractivity contribution in [2.75, 3.05) is 6.54 Å². The maximum atomic E-state index is 3.80. The SMILES string of the molecule is C=CCN(Cc1ccc(C)cc1)C(C)C. The fraction of sp³-hybridized carbons (Fsp3) is 0.429. The molecule has 0 fully saturated rings. The molecular formula is C14H21N. The van der Waals surface area contributed by atoms with Crippen molar-refractivity contribution in [1.29, 1.82) is 0 Å². The predicted octanol–water partition coefficient (Wildman–Crippen LogP) is 3.39. The van der Waals surface area contributed by atoms with Crippen molar-refractivity contribution < 1.29 is 0 Å². The summed E-state index contributed by atoms with van der Waals surface area (Å²) in [4.78, 5) is 2.40. The molecule has 0 spiro atoms. The molecule has 15 heavy (non-hydrogen) atoms. The third-order valence-corrected chi connectivity index (χ3v) is 2.60. The summed E-state index contributed by atoms with van der Waals surface area (Å²) in [6.07, 6.45) is 1.97. The summed E-state index contributed by atoms with van der Waals surface area (Å²) in [7, 11) is 0. The number of benzene rings is 1. The van der Waals surface area contributed by atoms with E-state index in [9.17, 15) is 0 Å². The van der Waals surface area contributed by atoms with Crippen molar-refractivity contribution in [2.45, 2.75) is 33.4 Å². The molecule has 0 aliphatic carbocycles. The summed E-state index contributed by atoms with van der Waals surface area (Å²) in [5.41, 5.74) is 2.69. The highest BCUT2D eigenvalue weighted by atomic mass is 15.1. The molecule has 0 atom stereocenters. The molecule has 0 heterocycles. The Hall–Kier alpha value is -1.08. The summed E-state index contributed by atoms with van der Waals surface area (Å²) in [5, 5.41) is 0. The lowest BCUT2D eigenvalue weighted by atomic mass is 10.1. The Morgan fingerprint density at radius 2 is 1.87 bits per heavy atom. The number of aryl methyl sites for hydroxylation is 1. The van der Waals surface area contributed by atoms with E-state index in [-0.39, 0.29) is 0 Å². The number of nitrogens with zero attached hydrogens (tertiary/aromatic N) is 1. The molecular weight excluding hydrogens is 182 g/mol.